The maximum Gasteiger partial charge on any atom is 0.306 e. The topological polar surface area (TPSA) is 128 Å². The van der Waals surface area contributed by atoms with Crippen LogP contribution in [-0.4, -0.2) is 42.4 Å². The molecule has 160 valence electrons. The molecule has 9 nitrogen and oxygen atoms in total. The van der Waals surface area contributed by atoms with Crippen LogP contribution >= 0.6 is 11.6 Å². The molecule has 29 heavy (non-hydrogen) atoms. The number of halogens is 1. The molecule has 1 aliphatic rings. The lowest BCUT2D eigenvalue weighted by atomic mass is 10.1. The number of nitrogens with zero attached hydrogens (tertiary/aromatic N) is 3. The van der Waals surface area contributed by atoms with Gasteiger partial charge < -0.3 is 15.6 Å². The number of ether oxygens (including phenoxy) is 1. The smallest absolute Gasteiger partial charge is 0.306 e. The highest BCUT2D eigenvalue weighted by atomic mass is 35.5. The van der Waals surface area contributed by atoms with E-state index in [4.69, 9.17) is 27.2 Å². The monoisotopic (exact) mass is 444 g/mol. The minimum Gasteiger partial charge on any atom is -0.489 e. The van der Waals surface area contributed by atoms with E-state index in [2.05, 4.69) is 5.10 Å². The van der Waals surface area contributed by atoms with Crippen LogP contribution in [0.3, 0.4) is 0 Å². The van der Waals surface area contributed by atoms with Gasteiger partial charge in [0.05, 0.1) is 18.2 Å². The van der Waals surface area contributed by atoms with Crippen molar-refractivity contribution in [2.45, 2.75) is 38.6 Å². The zero-order chi connectivity index (χ0) is 21.8. The molecule has 1 atom stereocenters. The Morgan fingerprint density at radius 1 is 1.41 bits per heavy atom. The number of aromatic nitrogens is 2. The van der Waals surface area contributed by atoms with E-state index in [0.717, 1.165) is 6.42 Å². The average Bonchev–Trinajstić information content (AvgIpc) is 3.08. The van der Waals surface area contributed by atoms with Crippen molar-refractivity contribution in [2.75, 3.05) is 23.2 Å². The van der Waals surface area contributed by atoms with Gasteiger partial charge in [0, 0.05) is 18.4 Å². The maximum absolute atomic E-state index is 12.9. The first-order valence-electron chi connectivity index (χ1n) is 9.12. The van der Waals surface area contributed by atoms with Crippen molar-refractivity contribution < 1.29 is 23.1 Å². The van der Waals surface area contributed by atoms with E-state index in [9.17, 15) is 13.2 Å². The molecule has 1 aliphatic heterocycles. The second-order valence-electron chi connectivity index (χ2n) is 6.44. The van der Waals surface area contributed by atoms with Gasteiger partial charge >= 0.3 is 5.97 Å². The fourth-order valence-corrected chi connectivity index (χ4v) is 4.37. The average molecular weight is 445 g/mol. The number of sulfonamides is 1. The van der Waals surface area contributed by atoms with E-state index in [1.807, 2.05) is 13.8 Å². The number of rotatable bonds is 5. The molecule has 0 unspecified atom stereocenters. The predicted molar refractivity (Wildman–Crippen MR) is 111 cm³/mol. The molecule has 11 heteroatoms. The number of nitrogen functional groups attached to an aromatic ring is 1. The summed E-state index contributed by atoms with van der Waals surface area (Å²) >= 11 is 5.99. The molecular weight excluding hydrogens is 420 g/mol. The van der Waals surface area contributed by atoms with E-state index in [0.29, 0.717) is 23.7 Å². The third-order valence-corrected chi connectivity index (χ3v) is 6.62. The van der Waals surface area contributed by atoms with Gasteiger partial charge in [0.15, 0.2) is 5.15 Å². The Kier molecular flexibility index (Phi) is 7.37. The normalized spacial score (nSPS) is 14.3. The van der Waals surface area contributed by atoms with Gasteiger partial charge in [0.2, 0.25) is 0 Å². The first-order chi connectivity index (χ1) is 13.6. The van der Waals surface area contributed by atoms with Gasteiger partial charge in [-0.3, -0.25) is 13.8 Å². The minimum atomic E-state index is -3.83. The van der Waals surface area contributed by atoms with Crippen LogP contribution < -0.4 is 14.8 Å². The van der Waals surface area contributed by atoms with Crippen LogP contribution in [0.5, 0.6) is 5.75 Å². The minimum absolute atomic E-state index is 0.0220. The summed E-state index contributed by atoms with van der Waals surface area (Å²) in [6.07, 6.45) is 2.15. The summed E-state index contributed by atoms with van der Waals surface area (Å²) in [6, 6.07) is 4.89. The van der Waals surface area contributed by atoms with Crippen LogP contribution in [-0.2, 0) is 21.4 Å². The first kappa shape index (κ1) is 22.8. The number of hydrogen-bond acceptors (Lipinski definition) is 6. The Hall–Kier alpha value is -2.46. The highest BCUT2D eigenvalue weighted by Crippen LogP contribution is 2.37. The standard InChI is InChI=1S/C13H15ClN4O3S.C5H10O2/c1-2-17-8-12(13(14)16-17)22(19,20)18-5-6-21-11-4-3-9(15)7-10(11)18;1-3-4(2)5(6)7/h3-4,7-8H,2,5-6,15H2,1H3;4H,3H2,1-2H3,(H,6,7)/t;4-/m.0/s1. The largest absolute Gasteiger partial charge is 0.489 e. The second-order valence-corrected chi connectivity index (χ2v) is 8.63. The summed E-state index contributed by atoms with van der Waals surface area (Å²) in [5.41, 5.74) is 6.63. The molecule has 0 radical (unpaired) electrons. The summed E-state index contributed by atoms with van der Waals surface area (Å²) < 4.78 is 34.0. The van der Waals surface area contributed by atoms with Crippen LogP contribution in [0.15, 0.2) is 29.3 Å². The number of aryl methyl sites for hydroxylation is 1. The number of anilines is 2. The fourth-order valence-electron chi connectivity index (χ4n) is 2.47. The van der Waals surface area contributed by atoms with Gasteiger partial charge in [-0.15, -0.1) is 0 Å². The molecule has 0 bridgehead atoms. The summed E-state index contributed by atoms with van der Waals surface area (Å²) in [5, 5.41) is 12.1. The van der Waals surface area contributed by atoms with Crippen LogP contribution in [0, 0.1) is 5.92 Å². The zero-order valence-electron chi connectivity index (χ0n) is 16.5. The zero-order valence-corrected chi connectivity index (χ0v) is 18.1. The van der Waals surface area contributed by atoms with Gasteiger partial charge in [-0.05, 0) is 31.5 Å². The number of carboxylic acid groups (broad SMARTS) is 1. The molecule has 3 N–H and O–H groups in total. The lowest BCUT2D eigenvalue weighted by Gasteiger charge is -2.30. The van der Waals surface area contributed by atoms with E-state index in [1.54, 1.807) is 25.1 Å². The number of nitrogens with two attached hydrogens (primary N) is 1. The molecule has 1 aromatic heterocycles. The summed E-state index contributed by atoms with van der Waals surface area (Å²) in [6.45, 7) is 6.38. The fraction of sp³-hybridized carbons (Fsp3) is 0.444. The molecular formula is C18H25ClN4O5S. The van der Waals surface area contributed by atoms with Crippen LogP contribution in [0.4, 0.5) is 11.4 Å². The highest BCUT2D eigenvalue weighted by molar-refractivity contribution is 7.93. The Morgan fingerprint density at radius 3 is 2.62 bits per heavy atom. The van der Waals surface area contributed by atoms with Gasteiger partial charge in [0.25, 0.3) is 10.0 Å². The molecule has 0 amide bonds. The number of carboxylic acids is 1. The number of fused-ring (bicyclic) bond motifs is 1. The quantitative estimate of drug-likeness (QED) is 0.678. The first-order valence-corrected chi connectivity index (χ1v) is 10.9. The number of aliphatic carboxylic acids is 1. The third kappa shape index (κ3) is 5.13. The van der Waals surface area contributed by atoms with Crippen molar-refractivity contribution >= 4 is 39.0 Å². The van der Waals surface area contributed by atoms with Crippen molar-refractivity contribution in [1.82, 2.24) is 9.78 Å². The van der Waals surface area contributed by atoms with Gasteiger partial charge in [0.1, 0.15) is 17.3 Å². The van der Waals surface area contributed by atoms with Crippen molar-refractivity contribution in [3.63, 3.8) is 0 Å². The second kappa shape index (κ2) is 9.36. The van der Waals surface area contributed by atoms with E-state index in [-0.39, 0.29) is 29.1 Å². The van der Waals surface area contributed by atoms with Crippen molar-refractivity contribution in [2.24, 2.45) is 5.92 Å². The number of carbonyl (C=O) groups is 1. The molecule has 2 aromatic rings. The molecule has 1 aromatic carbocycles. The van der Waals surface area contributed by atoms with Crippen molar-refractivity contribution in [1.29, 1.82) is 0 Å². The van der Waals surface area contributed by atoms with Crippen LogP contribution in [0.2, 0.25) is 5.15 Å². The summed E-state index contributed by atoms with van der Waals surface area (Å²) in [7, 11) is -3.83. The Labute approximate surface area is 175 Å². The summed E-state index contributed by atoms with van der Waals surface area (Å²) in [5.74, 6) is -0.412. The molecule has 0 saturated heterocycles. The van der Waals surface area contributed by atoms with Crippen molar-refractivity contribution in [3.05, 3.63) is 29.5 Å². The highest BCUT2D eigenvalue weighted by Gasteiger charge is 2.33. The van der Waals surface area contributed by atoms with Crippen LogP contribution in [0.1, 0.15) is 27.2 Å². The maximum atomic E-state index is 12.9. The number of hydrogen-bond donors (Lipinski definition) is 2. The lowest BCUT2D eigenvalue weighted by molar-refractivity contribution is -0.141. The molecule has 3 rings (SSSR count). The SMILES string of the molecule is CC[C@H](C)C(=O)O.CCn1cc(S(=O)(=O)N2CCOc3ccc(N)cc32)c(Cl)n1. The van der Waals surface area contributed by atoms with Gasteiger partial charge in [-0.1, -0.05) is 25.4 Å². The molecule has 0 aliphatic carbocycles. The number of benzene rings is 1. The molecule has 2 heterocycles. The predicted octanol–water partition coefficient (Wildman–Crippen LogP) is 2.84. The van der Waals surface area contributed by atoms with E-state index < -0.39 is 16.0 Å². The molecule has 0 fully saturated rings. The Morgan fingerprint density at radius 2 is 2.10 bits per heavy atom. The summed E-state index contributed by atoms with van der Waals surface area (Å²) in [4.78, 5) is 9.91. The Balaban J connectivity index is 0.000000370. The molecule has 0 spiro atoms. The van der Waals surface area contributed by atoms with Crippen LogP contribution in [0.25, 0.3) is 0 Å². The van der Waals surface area contributed by atoms with Gasteiger partial charge in [-0.25, -0.2) is 8.42 Å². The third-order valence-electron chi connectivity index (χ3n) is 4.42. The van der Waals surface area contributed by atoms with E-state index in [1.165, 1.54) is 15.2 Å². The van der Waals surface area contributed by atoms with Crippen molar-refractivity contribution in [3.8, 4) is 5.75 Å². The molecule has 0 saturated carbocycles. The Bertz CT molecular complexity index is 977. The lowest BCUT2D eigenvalue weighted by Crippen LogP contribution is -2.38. The van der Waals surface area contributed by atoms with E-state index >= 15 is 0 Å². The van der Waals surface area contributed by atoms with Gasteiger partial charge in [-0.2, -0.15) is 5.10 Å².